The summed E-state index contributed by atoms with van der Waals surface area (Å²) in [5, 5.41) is 0. The number of aryl methyl sites for hydroxylation is 1. The van der Waals surface area contributed by atoms with Gasteiger partial charge in [-0.05, 0) is 19.4 Å². The molecule has 0 saturated carbocycles. The number of rotatable bonds is 4. The Kier molecular flexibility index (Phi) is 5.56. The summed E-state index contributed by atoms with van der Waals surface area (Å²) < 4.78 is 5.36. The third-order valence-electron chi connectivity index (χ3n) is 4.68. The maximum absolute atomic E-state index is 12.9. The molecule has 0 aromatic carbocycles. The molecule has 0 N–H and O–H groups in total. The van der Waals surface area contributed by atoms with Gasteiger partial charge in [0.1, 0.15) is 5.82 Å². The number of aromatic nitrogens is 2. The lowest BCUT2D eigenvalue weighted by molar-refractivity contribution is -0.142. The molecule has 1 aromatic rings. The minimum Gasteiger partial charge on any atom is -0.378 e. The number of likely N-dealkylation sites (tertiary alicyclic amines) is 1. The summed E-state index contributed by atoms with van der Waals surface area (Å²) in [6.45, 7) is 6.53. The van der Waals surface area contributed by atoms with Crippen LogP contribution in [0.15, 0.2) is 12.4 Å². The number of carbonyl (C=O) groups excluding carboxylic acids is 1. The monoisotopic (exact) mass is 318 g/mol. The van der Waals surface area contributed by atoms with E-state index in [-0.39, 0.29) is 11.9 Å². The Bertz CT molecular complexity index is 514. The van der Waals surface area contributed by atoms with Crippen molar-refractivity contribution in [2.24, 2.45) is 0 Å². The summed E-state index contributed by atoms with van der Waals surface area (Å²) in [4.78, 5) is 25.9. The van der Waals surface area contributed by atoms with Crippen molar-refractivity contribution < 1.29 is 9.53 Å². The van der Waals surface area contributed by atoms with E-state index < -0.39 is 0 Å². The van der Waals surface area contributed by atoms with Gasteiger partial charge >= 0.3 is 0 Å². The highest BCUT2D eigenvalue weighted by atomic mass is 16.5. The highest BCUT2D eigenvalue weighted by Crippen LogP contribution is 2.21. The minimum atomic E-state index is -0.00676. The first-order valence-corrected chi connectivity index (χ1v) is 8.68. The Morgan fingerprint density at radius 2 is 1.96 bits per heavy atom. The molecule has 1 amide bonds. The molecule has 1 atom stereocenters. The fraction of sp³-hybridized carbons (Fsp3) is 0.706. The second kappa shape index (κ2) is 7.84. The zero-order chi connectivity index (χ0) is 16.1. The van der Waals surface area contributed by atoms with Gasteiger partial charge in [-0.1, -0.05) is 13.3 Å². The number of piperidine rings is 1. The molecule has 0 spiro atoms. The molecule has 0 bridgehead atoms. The van der Waals surface area contributed by atoms with Crippen LogP contribution in [0.2, 0.25) is 0 Å². The van der Waals surface area contributed by atoms with Crippen LogP contribution in [-0.4, -0.2) is 64.6 Å². The quantitative estimate of drug-likeness (QED) is 0.836. The smallest absolute Gasteiger partial charge is 0.240 e. The molecule has 1 aromatic heterocycles. The molecule has 23 heavy (non-hydrogen) atoms. The van der Waals surface area contributed by atoms with Crippen molar-refractivity contribution in [3.05, 3.63) is 23.8 Å². The molecule has 3 heterocycles. The second-order valence-electron chi connectivity index (χ2n) is 6.28. The predicted octanol–water partition coefficient (Wildman–Crippen LogP) is 1.25. The first-order chi connectivity index (χ1) is 11.3. The number of carbonyl (C=O) groups is 1. The van der Waals surface area contributed by atoms with E-state index in [2.05, 4.69) is 21.8 Å². The van der Waals surface area contributed by atoms with Crippen LogP contribution in [-0.2, 0) is 22.5 Å². The molecule has 6 heteroatoms. The summed E-state index contributed by atoms with van der Waals surface area (Å²) in [6.07, 6.45) is 7.88. The standard InChI is InChI=1S/C17H26N4O2/c1-2-16-18-11-14(12-19-16)13-21-6-4-3-5-15(21)17(22)20-7-9-23-10-8-20/h11-12,15H,2-10,13H2,1H3. The van der Waals surface area contributed by atoms with E-state index in [1.807, 2.05) is 17.3 Å². The number of amides is 1. The van der Waals surface area contributed by atoms with E-state index in [1.54, 1.807) is 0 Å². The molecule has 0 aliphatic carbocycles. The second-order valence-corrected chi connectivity index (χ2v) is 6.28. The lowest BCUT2D eigenvalue weighted by Crippen LogP contribution is -2.53. The first-order valence-electron chi connectivity index (χ1n) is 8.68. The van der Waals surface area contributed by atoms with Gasteiger partial charge in [-0.25, -0.2) is 9.97 Å². The molecule has 126 valence electrons. The maximum atomic E-state index is 12.9. The van der Waals surface area contributed by atoms with E-state index in [1.165, 1.54) is 0 Å². The molecular formula is C17H26N4O2. The molecule has 2 fully saturated rings. The molecule has 0 radical (unpaired) electrons. The summed E-state index contributed by atoms with van der Waals surface area (Å²) in [6, 6.07) is -0.00676. The van der Waals surface area contributed by atoms with Crippen LogP contribution in [0.4, 0.5) is 0 Å². The van der Waals surface area contributed by atoms with Crippen LogP contribution in [0.5, 0.6) is 0 Å². The Hall–Kier alpha value is -1.53. The van der Waals surface area contributed by atoms with Crippen LogP contribution >= 0.6 is 0 Å². The molecule has 3 rings (SSSR count). The van der Waals surface area contributed by atoms with Crippen LogP contribution < -0.4 is 0 Å². The summed E-state index contributed by atoms with van der Waals surface area (Å²) in [7, 11) is 0. The minimum absolute atomic E-state index is 0.00676. The third kappa shape index (κ3) is 4.06. The zero-order valence-corrected chi connectivity index (χ0v) is 13.9. The number of hydrogen-bond donors (Lipinski definition) is 0. The average Bonchev–Trinajstić information content (AvgIpc) is 2.63. The first kappa shape index (κ1) is 16.3. The Balaban J connectivity index is 1.66. The Labute approximate surface area is 137 Å². The van der Waals surface area contributed by atoms with Crippen molar-refractivity contribution in [2.45, 2.75) is 45.2 Å². The predicted molar refractivity (Wildman–Crippen MR) is 86.9 cm³/mol. The van der Waals surface area contributed by atoms with Gasteiger partial charge in [0.2, 0.25) is 5.91 Å². The molecular weight excluding hydrogens is 292 g/mol. The highest BCUT2D eigenvalue weighted by Gasteiger charge is 2.32. The van der Waals surface area contributed by atoms with Gasteiger partial charge in [0.15, 0.2) is 0 Å². The number of nitrogens with zero attached hydrogens (tertiary/aromatic N) is 4. The SMILES string of the molecule is CCc1ncc(CN2CCCCC2C(=O)N2CCOCC2)cn1. The van der Waals surface area contributed by atoms with Gasteiger partial charge in [-0.2, -0.15) is 0 Å². The lowest BCUT2D eigenvalue weighted by atomic mass is 10.00. The molecule has 6 nitrogen and oxygen atoms in total. The Morgan fingerprint density at radius 3 is 2.65 bits per heavy atom. The Morgan fingerprint density at radius 1 is 1.22 bits per heavy atom. The van der Waals surface area contributed by atoms with E-state index >= 15 is 0 Å². The van der Waals surface area contributed by atoms with Crippen molar-refractivity contribution in [3.8, 4) is 0 Å². The van der Waals surface area contributed by atoms with Crippen LogP contribution in [0.25, 0.3) is 0 Å². The third-order valence-corrected chi connectivity index (χ3v) is 4.68. The lowest BCUT2D eigenvalue weighted by Gasteiger charge is -2.38. The molecule has 2 aliphatic rings. The van der Waals surface area contributed by atoms with Gasteiger partial charge in [0.25, 0.3) is 0 Å². The number of ether oxygens (including phenoxy) is 1. The van der Waals surface area contributed by atoms with Crippen LogP contribution in [0, 0.1) is 0 Å². The fourth-order valence-corrected chi connectivity index (χ4v) is 3.33. The molecule has 2 saturated heterocycles. The van der Waals surface area contributed by atoms with Crippen molar-refractivity contribution in [3.63, 3.8) is 0 Å². The zero-order valence-electron chi connectivity index (χ0n) is 13.9. The van der Waals surface area contributed by atoms with Gasteiger partial charge in [-0.3, -0.25) is 9.69 Å². The van der Waals surface area contributed by atoms with Gasteiger partial charge in [-0.15, -0.1) is 0 Å². The molecule has 2 aliphatic heterocycles. The maximum Gasteiger partial charge on any atom is 0.240 e. The van der Waals surface area contributed by atoms with E-state index in [4.69, 9.17) is 4.74 Å². The van der Waals surface area contributed by atoms with Gasteiger partial charge in [0.05, 0.1) is 19.3 Å². The van der Waals surface area contributed by atoms with Crippen molar-refractivity contribution >= 4 is 5.91 Å². The largest absolute Gasteiger partial charge is 0.378 e. The summed E-state index contributed by atoms with van der Waals surface area (Å²) in [5.41, 5.74) is 1.09. The highest BCUT2D eigenvalue weighted by molar-refractivity contribution is 5.82. The van der Waals surface area contributed by atoms with E-state index in [0.717, 1.165) is 63.3 Å². The normalized spacial score (nSPS) is 23.0. The van der Waals surface area contributed by atoms with Gasteiger partial charge in [0, 0.05) is 44.0 Å². The average molecular weight is 318 g/mol. The van der Waals surface area contributed by atoms with Crippen LogP contribution in [0.3, 0.4) is 0 Å². The number of hydrogen-bond acceptors (Lipinski definition) is 5. The van der Waals surface area contributed by atoms with E-state index in [0.29, 0.717) is 13.2 Å². The number of morpholine rings is 1. The van der Waals surface area contributed by atoms with E-state index in [9.17, 15) is 4.79 Å². The van der Waals surface area contributed by atoms with Gasteiger partial charge < -0.3 is 9.64 Å². The topological polar surface area (TPSA) is 58.6 Å². The fourth-order valence-electron chi connectivity index (χ4n) is 3.33. The molecule has 1 unspecified atom stereocenters. The van der Waals surface area contributed by atoms with Crippen molar-refractivity contribution in [1.82, 2.24) is 19.8 Å². The van der Waals surface area contributed by atoms with Crippen LogP contribution in [0.1, 0.15) is 37.6 Å². The summed E-state index contributed by atoms with van der Waals surface area (Å²) >= 11 is 0. The van der Waals surface area contributed by atoms with Crippen molar-refractivity contribution in [2.75, 3.05) is 32.8 Å². The summed E-state index contributed by atoms with van der Waals surface area (Å²) in [5.74, 6) is 1.13. The van der Waals surface area contributed by atoms with Crippen molar-refractivity contribution in [1.29, 1.82) is 0 Å².